The van der Waals surface area contributed by atoms with E-state index >= 15 is 0 Å². The minimum absolute atomic E-state index is 0.428. The summed E-state index contributed by atoms with van der Waals surface area (Å²) in [5.74, 6) is 0. The fourth-order valence-corrected chi connectivity index (χ4v) is 4.03. The Kier molecular flexibility index (Phi) is 2.64. The molecule has 1 aromatic heterocycles. The third kappa shape index (κ3) is 1.88. The Morgan fingerprint density at radius 2 is 1.89 bits per heavy atom. The van der Waals surface area contributed by atoms with Crippen molar-refractivity contribution in [3.63, 3.8) is 0 Å². The molecule has 3 heteroatoms. The van der Waals surface area contributed by atoms with E-state index in [0.29, 0.717) is 18.1 Å². The zero-order valence-corrected chi connectivity index (χ0v) is 11.2. The van der Waals surface area contributed by atoms with Gasteiger partial charge in [-0.15, -0.1) is 0 Å². The fraction of sp³-hybridized carbons (Fsp3) is 0.500. The van der Waals surface area contributed by atoms with E-state index in [-0.39, 0.29) is 0 Å². The molecule has 2 saturated heterocycles. The van der Waals surface area contributed by atoms with E-state index in [4.69, 9.17) is 5.73 Å². The van der Waals surface area contributed by atoms with Crippen molar-refractivity contribution in [3.8, 4) is 0 Å². The van der Waals surface area contributed by atoms with Crippen molar-refractivity contribution >= 4 is 10.9 Å². The van der Waals surface area contributed by atoms with Gasteiger partial charge in [0.1, 0.15) is 0 Å². The maximum absolute atomic E-state index is 6.15. The van der Waals surface area contributed by atoms with Crippen LogP contribution < -0.4 is 5.73 Å². The SMILES string of the molecule is NC1CC2CCC(C1)N2Cc1c[nH]c2ccccc12. The van der Waals surface area contributed by atoms with Crippen LogP contribution in [0.3, 0.4) is 0 Å². The van der Waals surface area contributed by atoms with Crippen molar-refractivity contribution in [2.45, 2.75) is 50.4 Å². The molecule has 0 saturated carbocycles. The molecule has 100 valence electrons. The Balaban J connectivity index is 1.62. The first kappa shape index (κ1) is 11.5. The van der Waals surface area contributed by atoms with Gasteiger partial charge in [-0.1, -0.05) is 18.2 Å². The molecule has 2 aliphatic rings. The number of hydrogen-bond acceptors (Lipinski definition) is 2. The third-order valence-corrected chi connectivity index (χ3v) is 4.95. The van der Waals surface area contributed by atoms with Gasteiger partial charge in [-0.2, -0.15) is 0 Å². The molecule has 2 aliphatic heterocycles. The molecule has 2 aromatic rings. The number of hydrogen-bond donors (Lipinski definition) is 2. The topological polar surface area (TPSA) is 45.0 Å². The highest BCUT2D eigenvalue weighted by Crippen LogP contribution is 2.36. The van der Waals surface area contributed by atoms with Crippen molar-refractivity contribution in [3.05, 3.63) is 36.0 Å². The Labute approximate surface area is 113 Å². The number of nitrogens with two attached hydrogens (primary N) is 1. The van der Waals surface area contributed by atoms with Crippen molar-refractivity contribution in [2.24, 2.45) is 5.73 Å². The van der Waals surface area contributed by atoms with Gasteiger partial charge in [-0.3, -0.25) is 4.90 Å². The minimum atomic E-state index is 0.428. The molecule has 0 aliphatic carbocycles. The quantitative estimate of drug-likeness (QED) is 0.866. The van der Waals surface area contributed by atoms with Crippen molar-refractivity contribution in [2.75, 3.05) is 0 Å². The zero-order valence-electron chi connectivity index (χ0n) is 11.2. The summed E-state index contributed by atoms with van der Waals surface area (Å²) >= 11 is 0. The molecule has 2 atom stereocenters. The molecule has 3 nitrogen and oxygen atoms in total. The van der Waals surface area contributed by atoms with E-state index in [1.165, 1.54) is 42.1 Å². The van der Waals surface area contributed by atoms with Crippen LogP contribution in [0.5, 0.6) is 0 Å². The first-order valence-electron chi connectivity index (χ1n) is 7.37. The monoisotopic (exact) mass is 255 g/mol. The van der Waals surface area contributed by atoms with Crippen LogP contribution in [0.2, 0.25) is 0 Å². The van der Waals surface area contributed by atoms with Gasteiger partial charge >= 0.3 is 0 Å². The molecule has 0 spiro atoms. The van der Waals surface area contributed by atoms with Gasteiger partial charge in [0.05, 0.1) is 0 Å². The number of piperidine rings is 1. The number of H-pyrrole nitrogens is 1. The maximum Gasteiger partial charge on any atom is 0.0457 e. The Morgan fingerprint density at radius 1 is 1.16 bits per heavy atom. The lowest BCUT2D eigenvalue weighted by molar-refractivity contribution is 0.120. The lowest BCUT2D eigenvalue weighted by atomic mass is 9.97. The molecule has 0 amide bonds. The van der Waals surface area contributed by atoms with Crippen LogP contribution in [-0.4, -0.2) is 28.0 Å². The number of rotatable bonds is 2. The van der Waals surface area contributed by atoms with Gasteiger partial charge in [-0.25, -0.2) is 0 Å². The summed E-state index contributed by atoms with van der Waals surface area (Å²) in [6, 6.07) is 10.4. The van der Waals surface area contributed by atoms with Crippen LogP contribution in [0.15, 0.2) is 30.5 Å². The van der Waals surface area contributed by atoms with Crippen molar-refractivity contribution in [1.82, 2.24) is 9.88 Å². The molecular weight excluding hydrogens is 234 g/mol. The van der Waals surface area contributed by atoms with Crippen LogP contribution in [0, 0.1) is 0 Å². The van der Waals surface area contributed by atoms with Gasteiger partial charge in [0.15, 0.2) is 0 Å². The van der Waals surface area contributed by atoms with Gasteiger partial charge in [0.2, 0.25) is 0 Å². The largest absolute Gasteiger partial charge is 0.361 e. The minimum Gasteiger partial charge on any atom is -0.361 e. The molecule has 3 heterocycles. The number of para-hydroxylation sites is 1. The van der Waals surface area contributed by atoms with E-state index in [9.17, 15) is 0 Å². The average Bonchev–Trinajstić information content (AvgIpc) is 2.92. The second-order valence-electron chi connectivity index (χ2n) is 6.15. The summed E-state index contributed by atoms with van der Waals surface area (Å²) in [6.45, 7) is 1.08. The second-order valence-corrected chi connectivity index (χ2v) is 6.15. The normalized spacial score (nSPS) is 31.1. The van der Waals surface area contributed by atoms with Gasteiger partial charge in [-0.05, 0) is 37.3 Å². The number of fused-ring (bicyclic) bond motifs is 3. The van der Waals surface area contributed by atoms with Gasteiger partial charge < -0.3 is 10.7 Å². The van der Waals surface area contributed by atoms with Crippen LogP contribution >= 0.6 is 0 Å². The van der Waals surface area contributed by atoms with E-state index in [2.05, 4.69) is 40.3 Å². The molecule has 2 unspecified atom stereocenters. The van der Waals surface area contributed by atoms with E-state index in [1.807, 2.05) is 0 Å². The second kappa shape index (κ2) is 4.36. The average molecular weight is 255 g/mol. The highest BCUT2D eigenvalue weighted by molar-refractivity contribution is 5.82. The molecule has 3 N–H and O–H groups in total. The lowest BCUT2D eigenvalue weighted by Gasteiger charge is -2.37. The van der Waals surface area contributed by atoms with Crippen LogP contribution in [-0.2, 0) is 6.54 Å². The van der Waals surface area contributed by atoms with E-state index < -0.39 is 0 Å². The standard InChI is InChI=1S/C16H21N3/c17-12-7-13-5-6-14(8-12)19(13)10-11-9-18-16-4-2-1-3-15(11)16/h1-4,9,12-14,18H,5-8,10,17H2. The summed E-state index contributed by atoms with van der Waals surface area (Å²) in [5, 5.41) is 1.37. The number of aromatic amines is 1. The number of nitrogens with zero attached hydrogens (tertiary/aromatic N) is 1. The molecule has 1 aromatic carbocycles. The van der Waals surface area contributed by atoms with Crippen LogP contribution in [0.4, 0.5) is 0 Å². The van der Waals surface area contributed by atoms with Crippen molar-refractivity contribution in [1.29, 1.82) is 0 Å². The lowest BCUT2D eigenvalue weighted by Crippen LogP contribution is -2.46. The molecule has 0 radical (unpaired) electrons. The van der Waals surface area contributed by atoms with E-state index in [1.54, 1.807) is 0 Å². The summed E-state index contributed by atoms with van der Waals surface area (Å²) < 4.78 is 0. The number of aromatic nitrogens is 1. The van der Waals surface area contributed by atoms with Crippen LogP contribution in [0.25, 0.3) is 10.9 Å². The third-order valence-electron chi connectivity index (χ3n) is 4.95. The van der Waals surface area contributed by atoms with Gasteiger partial charge in [0, 0.05) is 41.8 Å². The smallest absolute Gasteiger partial charge is 0.0457 e. The number of nitrogens with one attached hydrogen (secondary N) is 1. The predicted molar refractivity (Wildman–Crippen MR) is 77.9 cm³/mol. The fourth-order valence-electron chi connectivity index (χ4n) is 4.03. The Bertz CT molecular complexity index is 574. The van der Waals surface area contributed by atoms with Crippen LogP contribution in [0.1, 0.15) is 31.2 Å². The molecular formula is C16H21N3. The summed E-state index contributed by atoms with van der Waals surface area (Å²) in [7, 11) is 0. The summed E-state index contributed by atoms with van der Waals surface area (Å²) in [4.78, 5) is 6.08. The summed E-state index contributed by atoms with van der Waals surface area (Å²) in [5.41, 5.74) is 8.83. The molecule has 4 rings (SSSR count). The number of benzene rings is 1. The first-order valence-corrected chi connectivity index (χ1v) is 7.37. The highest BCUT2D eigenvalue weighted by Gasteiger charge is 2.39. The molecule has 2 fully saturated rings. The molecule has 2 bridgehead atoms. The summed E-state index contributed by atoms with van der Waals surface area (Å²) in [6.07, 6.45) is 7.21. The molecule has 19 heavy (non-hydrogen) atoms. The predicted octanol–water partition coefficient (Wildman–Crippen LogP) is 2.62. The van der Waals surface area contributed by atoms with Gasteiger partial charge in [0.25, 0.3) is 0 Å². The van der Waals surface area contributed by atoms with Crippen molar-refractivity contribution < 1.29 is 0 Å². The van der Waals surface area contributed by atoms with E-state index in [0.717, 1.165) is 6.54 Å². The zero-order chi connectivity index (χ0) is 12.8. The maximum atomic E-state index is 6.15. The Morgan fingerprint density at radius 3 is 2.68 bits per heavy atom. The first-order chi connectivity index (χ1) is 9.31. The Hall–Kier alpha value is -1.32. The highest BCUT2D eigenvalue weighted by atomic mass is 15.2.